The van der Waals surface area contributed by atoms with Gasteiger partial charge < -0.3 is 10.4 Å². The molecule has 2 heterocycles. The lowest BCUT2D eigenvalue weighted by atomic mass is 10.1. The average molecular weight is 397 g/mol. The lowest BCUT2D eigenvalue weighted by Crippen LogP contribution is -2.34. The summed E-state index contributed by atoms with van der Waals surface area (Å²) in [7, 11) is 4.15. The lowest BCUT2D eigenvalue weighted by Gasteiger charge is -2.07. The third kappa shape index (κ3) is 5.47. The minimum atomic E-state index is 0.122. The molecule has 2 aromatic heterocycles. The first-order valence-corrected chi connectivity index (χ1v) is 10.4. The van der Waals surface area contributed by atoms with Crippen molar-refractivity contribution in [3.63, 3.8) is 0 Å². The van der Waals surface area contributed by atoms with E-state index in [4.69, 9.17) is 5.11 Å². The van der Waals surface area contributed by atoms with Crippen molar-refractivity contribution in [3.05, 3.63) is 72.3 Å². The predicted octanol–water partition coefficient (Wildman–Crippen LogP) is 2.50. The molecule has 0 unspecified atom stereocenters. The third-order valence-electron chi connectivity index (χ3n) is 4.46. The van der Waals surface area contributed by atoms with Gasteiger partial charge in [-0.25, -0.2) is 13.7 Å². The van der Waals surface area contributed by atoms with Crippen molar-refractivity contribution in [3.8, 4) is 0 Å². The maximum Gasteiger partial charge on any atom is 0.317 e. The van der Waals surface area contributed by atoms with Crippen molar-refractivity contribution in [2.45, 2.75) is 11.7 Å². The second kappa shape index (κ2) is 10.1. The van der Waals surface area contributed by atoms with Crippen LogP contribution in [-0.2, 0) is 20.6 Å². The highest BCUT2D eigenvalue weighted by atomic mass is 32.2. The first-order chi connectivity index (χ1) is 13.7. The molecule has 0 spiro atoms. The number of benzene rings is 1. The number of nitrogens with one attached hydrogen (secondary N) is 1. The molecule has 3 aromatic rings. The van der Waals surface area contributed by atoms with Gasteiger partial charge in [-0.05, 0) is 29.0 Å². The van der Waals surface area contributed by atoms with Crippen LogP contribution in [0.2, 0.25) is 0 Å². The number of aromatic nitrogens is 3. The lowest BCUT2D eigenvalue weighted by molar-refractivity contribution is -0.709. The molecule has 2 N–H and O–H groups in total. The molecule has 0 aliphatic rings. The van der Waals surface area contributed by atoms with E-state index in [-0.39, 0.29) is 6.61 Å². The Bertz CT molecular complexity index is 899. The second-order valence-corrected chi connectivity index (χ2v) is 7.65. The zero-order valence-electron chi connectivity index (χ0n) is 16.5. The highest BCUT2D eigenvalue weighted by Gasteiger charge is 2.12. The summed E-state index contributed by atoms with van der Waals surface area (Å²) in [4.78, 5) is 0. The van der Waals surface area contributed by atoms with E-state index in [1.807, 2.05) is 30.0 Å². The summed E-state index contributed by atoms with van der Waals surface area (Å²) in [6, 6.07) is 12.4. The van der Waals surface area contributed by atoms with E-state index in [0.29, 0.717) is 6.54 Å². The van der Waals surface area contributed by atoms with Crippen LogP contribution in [0.1, 0.15) is 11.1 Å². The van der Waals surface area contributed by atoms with Gasteiger partial charge >= 0.3 is 5.16 Å². The quantitative estimate of drug-likeness (QED) is 0.432. The van der Waals surface area contributed by atoms with Gasteiger partial charge in [0.15, 0.2) is 18.9 Å². The van der Waals surface area contributed by atoms with Crippen LogP contribution in [0.4, 0.5) is 5.69 Å². The summed E-state index contributed by atoms with van der Waals surface area (Å²) in [6.45, 7) is 1.64. The molecule has 0 saturated carbocycles. The summed E-state index contributed by atoms with van der Waals surface area (Å²) < 4.78 is 6.51. The molecule has 0 bridgehead atoms. The number of aliphatic hydroxyl groups is 1. The number of anilines is 1. The summed E-state index contributed by atoms with van der Waals surface area (Å²) in [6.07, 6.45) is 12.6. The van der Waals surface area contributed by atoms with Crippen molar-refractivity contribution in [2.24, 2.45) is 14.1 Å². The second-order valence-electron chi connectivity index (χ2n) is 6.59. The fraction of sp³-hybridized carbons (Fsp3) is 0.273. The molecular formula is C22H28N4OS+2. The molecule has 3 rings (SSSR count). The Labute approximate surface area is 171 Å². The van der Waals surface area contributed by atoms with Crippen LogP contribution in [0, 0.1) is 0 Å². The van der Waals surface area contributed by atoms with E-state index in [2.05, 4.69) is 88.3 Å². The maximum absolute atomic E-state index is 9.01. The Kier molecular flexibility index (Phi) is 7.28. The van der Waals surface area contributed by atoms with Crippen molar-refractivity contribution < 1.29 is 14.2 Å². The van der Waals surface area contributed by atoms with Gasteiger partial charge in [0.05, 0.1) is 26.5 Å². The van der Waals surface area contributed by atoms with Crippen molar-refractivity contribution >= 4 is 29.6 Å². The van der Waals surface area contributed by atoms with E-state index in [9.17, 15) is 0 Å². The minimum absolute atomic E-state index is 0.122. The van der Waals surface area contributed by atoms with Crippen molar-refractivity contribution in [1.82, 2.24) is 4.57 Å². The van der Waals surface area contributed by atoms with Crippen LogP contribution in [0.3, 0.4) is 0 Å². The maximum atomic E-state index is 9.01. The zero-order chi connectivity index (χ0) is 19.8. The molecule has 6 heteroatoms. The highest BCUT2D eigenvalue weighted by Crippen LogP contribution is 2.18. The minimum Gasteiger partial charge on any atom is -0.395 e. The number of hydrogen-bond acceptors (Lipinski definition) is 3. The Morgan fingerprint density at radius 2 is 1.89 bits per heavy atom. The molecule has 1 aromatic carbocycles. The predicted molar refractivity (Wildman–Crippen MR) is 115 cm³/mol. The van der Waals surface area contributed by atoms with Gasteiger partial charge in [0.25, 0.3) is 0 Å². The van der Waals surface area contributed by atoms with E-state index < -0.39 is 0 Å². The van der Waals surface area contributed by atoms with Gasteiger partial charge in [0, 0.05) is 24.4 Å². The number of thioether (sulfide) groups is 1. The molecular weight excluding hydrogens is 368 g/mol. The molecule has 0 aliphatic heterocycles. The van der Waals surface area contributed by atoms with Crippen molar-refractivity contribution in [2.75, 3.05) is 24.2 Å². The largest absolute Gasteiger partial charge is 0.395 e. The molecule has 0 atom stereocenters. The number of aryl methyl sites for hydroxylation is 3. The number of nitrogens with zero attached hydrogens (tertiary/aromatic N) is 3. The zero-order valence-corrected chi connectivity index (χ0v) is 17.3. The number of para-hydroxylation sites is 1. The third-order valence-corrected chi connectivity index (χ3v) is 5.68. The Morgan fingerprint density at radius 1 is 1.11 bits per heavy atom. The number of imidazole rings is 1. The SMILES string of the molecule is Cn1cc[n+](C)c1SCC[n+]1ccc(/C=C/c2ccccc2NCCO)cc1. The van der Waals surface area contributed by atoms with E-state index >= 15 is 0 Å². The van der Waals surface area contributed by atoms with E-state index in [1.54, 1.807) is 0 Å². The van der Waals surface area contributed by atoms with Crippen LogP contribution in [-0.4, -0.2) is 28.6 Å². The topological polar surface area (TPSA) is 45.0 Å². The van der Waals surface area contributed by atoms with Crippen LogP contribution in [0.5, 0.6) is 0 Å². The number of hydrogen-bond donors (Lipinski definition) is 2. The van der Waals surface area contributed by atoms with Gasteiger partial charge in [0.1, 0.15) is 12.4 Å². The highest BCUT2D eigenvalue weighted by molar-refractivity contribution is 7.99. The molecule has 0 saturated heterocycles. The molecule has 146 valence electrons. The molecule has 0 fully saturated rings. The van der Waals surface area contributed by atoms with Gasteiger partial charge in [-0.15, -0.1) is 0 Å². The van der Waals surface area contributed by atoms with E-state index in [1.165, 1.54) is 5.16 Å². The van der Waals surface area contributed by atoms with Gasteiger partial charge in [-0.2, -0.15) is 0 Å². The van der Waals surface area contributed by atoms with Crippen LogP contribution in [0.15, 0.2) is 66.3 Å². The normalized spacial score (nSPS) is 11.2. The smallest absolute Gasteiger partial charge is 0.317 e. The fourth-order valence-electron chi connectivity index (χ4n) is 2.93. The standard InChI is InChI=1S/C22H27N4OS/c1-24-14-15-25(2)22(24)28-18-16-26-12-9-19(10-13-26)7-8-20-5-3-4-6-21(20)23-11-17-27/h3-10,12-15,27H,11,16-18H2,1-2H3/q+1/p+1. The van der Waals surface area contributed by atoms with Crippen molar-refractivity contribution in [1.29, 1.82) is 0 Å². The summed E-state index contributed by atoms with van der Waals surface area (Å²) in [5, 5.41) is 13.5. The summed E-state index contributed by atoms with van der Waals surface area (Å²) in [5.74, 6) is 1.02. The number of pyridine rings is 1. The molecule has 0 radical (unpaired) electrons. The first-order valence-electron chi connectivity index (χ1n) is 9.42. The molecule has 28 heavy (non-hydrogen) atoms. The van der Waals surface area contributed by atoms with Crippen LogP contribution < -0.4 is 14.5 Å². The Morgan fingerprint density at radius 3 is 2.61 bits per heavy atom. The summed E-state index contributed by atoms with van der Waals surface area (Å²) >= 11 is 1.86. The average Bonchev–Trinajstić information content (AvgIpc) is 3.04. The molecule has 5 nitrogen and oxygen atoms in total. The van der Waals surface area contributed by atoms with Crippen LogP contribution >= 0.6 is 11.8 Å². The monoisotopic (exact) mass is 396 g/mol. The molecule has 0 amide bonds. The van der Waals surface area contributed by atoms with E-state index in [0.717, 1.165) is 29.1 Å². The molecule has 0 aliphatic carbocycles. The number of aliphatic hydroxyl groups excluding tert-OH is 1. The first kappa shape index (κ1) is 20.2. The Hall–Kier alpha value is -2.57. The van der Waals surface area contributed by atoms with Gasteiger partial charge in [-0.1, -0.05) is 30.4 Å². The van der Waals surface area contributed by atoms with Gasteiger partial charge in [0.2, 0.25) is 0 Å². The number of rotatable bonds is 9. The van der Waals surface area contributed by atoms with Gasteiger partial charge in [-0.3, -0.25) is 0 Å². The fourth-order valence-corrected chi connectivity index (χ4v) is 3.94. The summed E-state index contributed by atoms with van der Waals surface area (Å²) in [5.41, 5.74) is 3.30. The van der Waals surface area contributed by atoms with Crippen LogP contribution in [0.25, 0.3) is 12.2 Å². The Balaban J connectivity index is 1.56.